The van der Waals surface area contributed by atoms with Crippen molar-refractivity contribution in [3.8, 4) is 0 Å². The third-order valence-electron chi connectivity index (χ3n) is 2.41. The number of nitrogens with zero attached hydrogens (tertiary/aromatic N) is 1. The number of urea groups is 1. The number of rotatable bonds is 8. The molecule has 8 heteroatoms. The van der Waals surface area contributed by atoms with Gasteiger partial charge in [0, 0.05) is 44.6 Å². The van der Waals surface area contributed by atoms with Crippen molar-refractivity contribution in [1.82, 2.24) is 10.6 Å². The first-order valence-electron chi connectivity index (χ1n) is 6.12. The van der Waals surface area contributed by atoms with Crippen LogP contribution in [0, 0.1) is 10.1 Å². The van der Waals surface area contributed by atoms with E-state index in [1.807, 2.05) is 0 Å². The summed E-state index contributed by atoms with van der Waals surface area (Å²) in [5.41, 5.74) is 0.809. The zero-order chi connectivity index (χ0) is 14.8. The Bertz CT molecular complexity index is 436. The van der Waals surface area contributed by atoms with Crippen LogP contribution in [0.3, 0.4) is 0 Å². The Kier molecular flexibility index (Phi) is 6.83. The summed E-state index contributed by atoms with van der Waals surface area (Å²) in [7, 11) is 1.56. The molecule has 3 N–H and O–H groups in total. The first-order valence-corrected chi connectivity index (χ1v) is 6.12. The van der Waals surface area contributed by atoms with Crippen LogP contribution in [-0.4, -0.2) is 44.3 Å². The summed E-state index contributed by atoms with van der Waals surface area (Å²) in [6.45, 7) is 1.89. The van der Waals surface area contributed by atoms with Crippen LogP contribution in [-0.2, 0) is 4.74 Å². The molecule has 0 aliphatic rings. The van der Waals surface area contributed by atoms with Gasteiger partial charge in [0.25, 0.3) is 5.69 Å². The molecule has 2 amide bonds. The maximum Gasteiger partial charge on any atom is 0.314 e. The fraction of sp³-hybridized carbons (Fsp3) is 0.417. The van der Waals surface area contributed by atoms with Crippen molar-refractivity contribution in [1.29, 1.82) is 0 Å². The lowest BCUT2D eigenvalue weighted by molar-refractivity contribution is -0.384. The first-order chi connectivity index (χ1) is 9.63. The molecule has 0 fully saturated rings. The molecule has 110 valence electrons. The second kappa shape index (κ2) is 8.70. The highest BCUT2D eigenvalue weighted by atomic mass is 16.6. The van der Waals surface area contributed by atoms with Crippen LogP contribution in [0.1, 0.15) is 0 Å². The average molecular weight is 282 g/mol. The number of hydrogen-bond donors (Lipinski definition) is 3. The lowest BCUT2D eigenvalue weighted by Crippen LogP contribution is -2.39. The van der Waals surface area contributed by atoms with E-state index in [9.17, 15) is 14.9 Å². The topological polar surface area (TPSA) is 106 Å². The summed E-state index contributed by atoms with van der Waals surface area (Å²) in [5.74, 6) is 0. The molecule has 20 heavy (non-hydrogen) atoms. The minimum atomic E-state index is -0.449. The van der Waals surface area contributed by atoms with Crippen LogP contribution in [0.4, 0.5) is 16.2 Å². The smallest absolute Gasteiger partial charge is 0.314 e. The fourth-order valence-electron chi connectivity index (χ4n) is 1.41. The lowest BCUT2D eigenvalue weighted by Gasteiger charge is -2.09. The van der Waals surface area contributed by atoms with E-state index in [0.29, 0.717) is 26.2 Å². The summed E-state index contributed by atoms with van der Waals surface area (Å²) in [4.78, 5) is 21.3. The minimum absolute atomic E-state index is 0.0474. The van der Waals surface area contributed by atoms with Gasteiger partial charge in [0.1, 0.15) is 0 Å². The van der Waals surface area contributed by atoms with Crippen molar-refractivity contribution in [2.45, 2.75) is 0 Å². The molecule has 0 heterocycles. The number of ether oxygens (including phenoxy) is 1. The maximum atomic E-state index is 11.3. The van der Waals surface area contributed by atoms with Crippen LogP contribution in [0.2, 0.25) is 0 Å². The van der Waals surface area contributed by atoms with Crippen LogP contribution in [0.5, 0.6) is 0 Å². The second-order valence-electron chi connectivity index (χ2n) is 3.91. The molecular formula is C12H18N4O4. The summed E-state index contributed by atoms with van der Waals surface area (Å²) in [6.07, 6.45) is 0. The van der Waals surface area contributed by atoms with Crippen LogP contribution < -0.4 is 16.0 Å². The Morgan fingerprint density at radius 3 is 2.45 bits per heavy atom. The molecule has 0 unspecified atom stereocenters. The second-order valence-corrected chi connectivity index (χ2v) is 3.91. The van der Waals surface area contributed by atoms with Crippen LogP contribution in [0.15, 0.2) is 24.3 Å². The van der Waals surface area contributed by atoms with E-state index in [1.54, 1.807) is 19.2 Å². The van der Waals surface area contributed by atoms with Gasteiger partial charge in [-0.05, 0) is 12.1 Å². The van der Waals surface area contributed by atoms with Gasteiger partial charge >= 0.3 is 6.03 Å². The van der Waals surface area contributed by atoms with Crippen molar-refractivity contribution in [2.24, 2.45) is 0 Å². The summed E-state index contributed by atoms with van der Waals surface area (Å²) >= 11 is 0. The number of carbonyl (C=O) groups is 1. The highest BCUT2D eigenvalue weighted by Gasteiger charge is 2.03. The Hall–Kier alpha value is -2.35. The van der Waals surface area contributed by atoms with Gasteiger partial charge in [-0.15, -0.1) is 0 Å². The van der Waals surface area contributed by atoms with Gasteiger partial charge in [0.2, 0.25) is 0 Å². The van der Waals surface area contributed by atoms with Crippen molar-refractivity contribution < 1.29 is 14.5 Å². The van der Waals surface area contributed by atoms with Crippen molar-refractivity contribution in [3.63, 3.8) is 0 Å². The van der Waals surface area contributed by atoms with Crippen molar-refractivity contribution in [2.75, 3.05) is 38.7 Å². The molecule has 1 aromatic carbocycles. The molecule has 8 nitrogen and oxygen atoms in total. The maximum absolute atomic E-state index is 11.3. The van der Waals surface area contributed by atoms with Gasteiger partial charge in [-0.1, -0.05) is 0 Å². The Labute approximate surface area is 116 Å². The molecular weight excluding hydrogens is 264 g/mol. The highest BCUT2D eigenvalue weighted by Crippen LogP contribution is 2.14. The van der Waals surface area contributed by atoms with Gasteiger partial charge in [0.05, 0.1) is 11.5 Å². The summed E-state index contributed by atoms with van der Waals surface area (Å²) in [5, 5.41) is 18.8. The monoisotopic (exact) mass is 282 g/mol. The van der Waals surface area contributed by atoms with Gasteiger partial charge in [-0.3, -0.25) is 10.1 Å². The zero-order valence-electron chi connectivity index (χ0n) is 11.2. The first kappa shape index (κ1) is 15.7. The number of anilines is 1. The molecule has 1 aromatic rings. The summed E-state index contributed by atoms with van der Waals surface area (Å²) in [6, 6.07) is 5.83. The van der Waals surface area contributed by atoms with Crippen LogP contribution in [0.25, 0.3) is 0 Å². The van der Waals surface area contributed by atoms with E-state index in [2.05, 4.69) is 16.0 Å². The largest absolute Gasteiger partial charge is 0.383 e. The van der Waals surface area contributed by atoms with Crippen LogP contribution >= 0.6 is 0 Å². The molecule has 0 saturated carbocycles. The van der Waals surface area contributed by atoms with Gasteiger partial charge in [0.15, 0.2) is 0 Å². The summed E-state index contributed by atoms with van der Waals surface area (Å²) < 4.78 is 4.80. The van der Waals surface area contributed by atoms with E-state index < -0.39 is 4.92 Å². The van der Waals surface area contributed by atoms with Crippen molar-refractivity contribution in [3.05, 3.63) is 34.4 Å². The highest BCUT2D eigenvalue weighted by molar-refractivity contribution is 5.73. The number of hydrogen-bond acceptors (Lipinski definition) is 5. The number of non-ortho nitro benzene ring substituents is 1. The quantitative estimate of drug-likeness (QED) is 0.374. The van der Waals surface area contributed by atoms with Gasteiger partial charge < -0.3 is 20.7 Å². The Morgan fingerprint density at radius 2 is 1.85 bits per heavy atom. The van der Waals surface area contributed by atoms with Crippen molar-refractivity contribution >= 4 is 17.4 Å². The average Bonchev–Trinajstić information content (AvgIpc) is 2.44. The number of methoxy groups -OCH3 is 1. The van der Waals surface area contributed by atoms with E-state index in [1.165, 1.54) is 12.1 Å². The number of benzene rings is 1. The van der Waals surface area contributed by atoms with E-state index in [0.717, 1.165) is 5.69 Å². The molecule has 0 aliphatic heterocycles. The van der Waals surface area contributed by atoms with Gasteiger partial charge in [-0.2, -0.15) is 0 Å². The number of carbonyl (C=O) groups excluding carboxylic acids is 1. The zero-order valence-corrected chi connectivity index (χ0v) is 11.2. The Balaban J connectivity index is 2.17. The van der Waals surface area contributed by atoms with E-state index in [4.69, 9.17) is 4.74 Å². The number of nitrogens with one attached hydrogen (secondary N) is 3. The predicted molar refractivity (Wildman–Crippen MR) is 74.9 cm³/mol. The molecule has 0 aliphatic carbocycles. The minimum Gasteiger partial charge on any atom is -0.383 e. The van der Waals surface area contributed by atoms with E-state index >= 15 is 0 Å². The number of nitro benzene ring substituents is 1. The molecule has 0 saturated heterocycles. The molecule has 0 radical (unpaired) electrons. The molecule has 0 aromatic heterocycles. The predicted octanol–water partition coefficient (Wildman–Crippen LogP) is 0.952. The number of amides is 2. The standard InChI is InChI=1S/C12H18N4O4/c1-20-9-8-15-12(17)14-7-6-13-10-2-4-11(5-3-10)16(18)19/h2-5,13H,6-9H2,1H3,(H2,14,15,17). The molecule has 1 rings (SSSR count). The third-order valence-corrected chi connectivity index (χ3v) is 2.41. The van der Waals surface area contributed by atoms with Gasteiger partial charge in [-0.25, -0.2) is 4.79 Å². The Morgan fingerprint density at radius 1 is 1.20 bits per heavy atom. The molecule has 0 spiro atoms. The molecule has 0 atom stereocenters. The lowest BCUT2D eigenvalue weighted by atomic mass is 10.3. The normalized spacial score (nSPS) is 9.85. The van der Waals surface area contributed by atoms with E-state index in [-0.39, 0.29) is 11.7 Å². The fourth-order valence-corrected chi connectivity index (χ4v) is 1.41. The molecule has 0 bridgehead atoms. The SMILES string of the molecule is COCCNC(=O)NCCNc1ccc([N+](=O)[O-])cc1. The number of nitro groups is 1. The third kappa shape index (κ3) is 6.01.